The van der Waals surface area contributed by atoms with Crippen molar-refractivity contribution >= 4 is 11.8 Å². The Morgan fingerprint density at radius 3 is 2.67 bits per heavy atom. The van der Waals surface area contributed by atoms with Crippen molar-refractivity contribution in [1.82, 2.24) is 15.0 Å². The average Bonchev–Trinajstić information content (AvgIpc) is 2.39. The van der Waals surface area contributed by atoms with Crippen LogP contribution in [0.15, 0.2) is 36.8 Å². The van der Waals surface area contributed by atoms with E-state index in [1.807, 2.05) is 0 Å². The van der Waals surface area contributed by atoms with Crippen molar-refractivity contribution in [2.24, 2.45) is 0 Å². The number of rotatable bonds is 4. The molecule has 0 unspecified atom stereocenters. The van der Waals surface area contributed by atoms with Gasteiger partial charge in [0.2, 0.25) is 0 Å². The third-order valence-corrected chi connectivity index (χ3v) is 2.34. The van der Waals surface area contributed by atoms with Gasteiger partial charge in [-0.2, -0.15) is 0 Å². The largest absolute Gasteiger partial charge is 0.480 e. The number of carboxylic acid groups (broad SMARTS) is 1. The zero-order valence-electron chi connectivity index (χ0n) is 9.82. The molecule has 0 amide bonds. The Morgan fingerprint density at radius 2 is 2.00 bits per heavy atom. The van der Waals surface area contributed by atoms with Gasteiger partial charge in [0.15, 0.2) is 5.82 Å². The monoisotopic (exact) mass is 244 g/mol. The highest BCUT2D eigenvalue weighted by Crippen LogP contribution is 2.16. The SMILES string of the molecule is CN(CC(=O)O)c1ccnc(-c2ccncc2)n1. The van der Waals surface area contributed by atoms with E-state index in [-0.39, 0.29) is 6.54 Å². The van der Waals surface area contributed by atoms with Crippen LogP contribution in [0.1, 0.15) is 0 Å². The fraction of sp³-hybridized carbons (Fsp3) is 0.167. The van der Waals surface area contributed by atoms with Crippen LogP contribution in [0.25, 0.3) is 11.4 Å². The van der Waals surface area contributed by atoms with Crippen LogP contribution in [0.2, 0.25) is 0 Å². The lowest BCUT2D eigenvalue weighted by Gasteiger charge is -2.15. The average molecular weight is 244 g/mol. The molecule has 92 valence electrons. The first kappa shape index (κ1) is 12.0. The van der Waals surface area contributed by atoms with Gasteiger partial charge in [0.05, 0.1) is 0 Å². The summed E-state index contributed by atoms with van der Waals surface area (Å²) in [4.78, 5) is 24.6. The summed E-state index contributed by atoms with van der Waals surface area (Å²) in [5, 5.41) is 8.74. The van der Waals surface area contributed by atoms with Gasteiger partial charge in [-0.25, -0.2) is 9.97 Å². The predicted octanol–water partition coefficient (Wildman–Crippen LogP) is 1.06. The van der Waals surface area contributed by atoms with E-state index in [1.54, 1.807) is 48.7 Å². The number of likely N-dealkylation sites (N-methyl/N-ethyl adjacent to an activating group) is 1. The van der Waals surface area contributed by atoms with Crippen molar-refractivity contribution in [3.05, 3.63) is 36.8 Å². The van der Waals surface area contributed by atoms with Crippen molar-refractivity contribution in [2.45, 2.75) is 0 Å². The molecule has 2 heterocycles. The number of carbonyl (C=O) groups is 1. The van der Waals surface area contributed by atoms with Gasteiger partial charge in [-0.15, -0.1) is 0 Å². The van der Waals surface area contributed by atoms with Crippen molar-refractivity contribution < 1.29 is 9.90 Å². The quantitative estimate of drug-likeness (QED) is 0.866. The molecule has 2 aromatic rings. The predicted molar refractivity (Wildman–Crippen MR) is 66.2 cm³/mol. The normalized spacial score (nSPS) is 10.1. The summed E-state index contributed by atoms with van der Waals surface area (Å²) in [6.45, 7) is -0.104. The topological polar surface area (TPSA) is 79.2 Å². The molecule has 0 aromatic carbocycles. The molecule has 6 heteroatoms. The van der Waals surface area contributed by atoms with Gasteiger partial charge in [0, 0.05) is 31.2 Å². The van der Waals surface area contributed by atoms with E-state index < -0.39 is 5.97 Å². The molecule has 0 aliphatic carbocycles. The van der Waals surface area contributed by atoms with E-state index >= 15 is 0 Å². The van der Waals surface area contributed by atoms with Crippen LogP contribution < -0.4 is 4.90 Å². The Kier molecular flexibility index (Phi) is 3.47. The van der Waals surface area contributed by atoms with Crippen molar-refractivity contribution in [3.8, 4) is 11.4 Å². The number of carboxylic acids is 1. The van der Waals surface area contributed by atoms with E-state index in [4.69, 9.17) is 5.11 Å². The van der Waals surface area contributed by atoms with Crippen molar-refractivity contribution in [2.75, 3.05) is 18.5 Å². The highest BCUT2D eigenvalue weighted by atomic mass is 16.4. The van der Waals surface area contributed by atoms with E-state index in [0.29, 0.717) is 11.6 Å². The van der Waals surface area contributed by atoms with Crippen LogP contribution in [0.5, 0.6) is 0 Å². The highest BCUT2D eigenvalue weighted by molar-refractivity contribution is 5.73. The maximum absolute atomic E-state index is 10.6. The van der Waals surface area contributed by atoms with E-state index in [2.05, 4.69) is 15.0 Å². The number of hydrogen-bond acceptors (Lipinski definition) is 5. The summed E-state index contributed by atoms with van der Waals surface area (Å²) in [6, 6.07) is 5.28. The van der Waals surface area contributed by atoms with Gasteiger partial charge in [-0.05, 0) is 18.2 Å². The molecule has 18 heavy (non-hydrogen) atoms. The Balaban J connectivity index is 2.28. The summed E-state index contributed by atoms with van der Waals surface area (Å²) < 4.78 is 0. The molecular formula is C12H12N4O2. The summed E-state index contributed by atoms with van der Waals surface area (Å²) in [5.74, 6) is 0.216. The maximum atomic E-state index is 10.6. The molecular weight excluding hydrogens is 232 g/mol. The fourth-order valence-corrected chi connectivity index (χ4v) is 1.49. The van der Waals surface area contributed by atoms with E-state index in [0.717, 1.165) is 5.56 Å². The molecule has 2 rings (SSSR count). The maximum Gasteiger partial charge on any atom is 0.323 e. The van der Waals surface area contributed by atoms with Gasteiger partial charge >= 0.3 is 5.97 Å². The number of pyridine rings is 1. The van der Waals surface area contributed by atoms with Gasteiger partial charge in [-0.1, -0.05) is 0 Å². The molecule has 0 saturated heterocycles. The molecule has 0 fully saturated rings. The van der Waals surface area contributed by atoms with Gasteiger partial charge in [0.1, 0.15) is 12.4 Å². The van der Waals surface area contributed by atoms with Crippen molar-refractivity contribution in [3.63, 3.8) is 0 Å². The Labute approximate surface area is 104 Å². The number of anilines is 1. The first-order valence-electron chi connectivity index (χ1n) is 5.33. The molecule has 0 aliphatic rings. The smallest absolute Gasteiger partial charge is 0.323 e. The van der Waals surface area contributed by atoms with Crippen LogP contribution in [-0.2, 0) is 4.79 Å². The second kappa shape index (κ2) is 5.22. The summed E-state index contributed by atoms with van der Waals surface area (Å²) >= 11 is 0. The number of aliphatic carboxylic acids is 1. The first-order chi connectivity index (χ1) is 8.66. The number of aromatic nitrogens is 3. The fourth-order valence-electron chi connectivity index (χ4n) is 1.49. The highest BCUT2D eigenvalue weighted by Gasteiger charge is 2.08. The molecule has 0 saturated carbocycles. The molecule has 0 spiro atoms. The lowest BCUT2D eigenvalue weighted by molar-refractivity contribution is -0.135. The Hall–Kier alpha value is -2.50. The second-order valence-corrected chi connectivity index (χ2v) is 3.72. The van der Waals surface area contributed by atoms with Crippen molar-refractivity contribution in [1.29, 1.82) is 0 Å². The third kappa shape index (κ3) is 2.79. The zero-order valence-corrected chi connectivity index (χ0v) is 9.82. The minimum absolute atomic E-state index is 0.104. The Morgan fingerprint density at radius 1 is 1.28 bits per heavy atom. The lowest BCUT2D eigenvalue weighted by Crippen LogP contribution is -2.26. The summed E-state index contributed by atoms with van der Waals surface area (Å²) in [5.41, 5.74) is 0.843. The minimum atomic E-state index is -0.901. The van der Waals surface area contributed by atoms with Gasteiger partial charge in [0.25, 0.3) is 0 Å². The minimum Gasteiger partial charge on any atom is -0.480 e. The second-order valence-electron chi connectivity index (χ2n) is 3.72. The molecule has 0 atom stereocenters. The van der Waals surface area contributed by atoms with Crippen LogP contribution in [0.3, 0.4) is 0 Å². The third-order valence-electron chi connectivity index (χ3n) is 2.34. The molecule has 0 radical (unpaired) electrons. The van der Waals surface area contributed by atoms with Crippen LogP contribution in [-0.4, -0.2) is 39.6 Å². The van der Waals surface area contributed by atoms with E-state index in [1.165, 1.54) is 0 Å². The van der Waals surface area contributed by atoms with Crippen LogP contribution in [0.4, 0.5) is 5.82 Å². The summed E-state index contributed by atoms with van der Waals surface area (Å²) in [6.07, 6.45) is 4.93. The molecule has 0 bridgehead atoms. The zero-order chi connectivity index (χ0) is 13.0. The van der Waals surface area contributed by atoms with Crippen LogP contribution >= 0.6 is 0 Å². The lowest BCUT2D eigenvalue weighted by atomic mass is 10.2. The number of nitrogens with zero attached hydrogens (tertiary/aromatic N) is 4. The molecule has 1 N–H and O–H groups in total. The standard InChI is InChI=1S/C12H12N4O2/c1-16(8-11(17)18)10-4-7-14-12(15-10)9-2-5-13-6-3-9/h2-7H,8H2,1H3,(H,17,18). The molecule has 2 aromatic heterocycles. The first-order valence-corrected chi connectivity index (χ1v) is 5.33. The molecule has 0 aliphatic heterocycles. The van der Waals surface area contributed by atoms with E-state index in [9.17, 15) is 4.79 Å². The molecule has 6 nitrogen and oxygen atoms in total. The number of hydrogen-bond donors (Lipinski definition) is 1. The van der Waals surface area contributed by atoms with Crippen LogP contribution in [0, 0.1) is 0 Å². The van der Waals surface area contributed by atoms with Gasteiger partial charge in [-0.3, -0.25) is 9.78 Å². The Bertz CT molecular complexity index is 545. The summed E-state index contributed by atoms with van der Waals surface area (Å²) in [7, 11) is 1.67. The van der Waals surface area contributed by atoms with Gasteiger partial charge < -0.3 is 10.0 Å².